The fourth-order valence-electron chi connectivity index (χ4n) is 3.36. The molecule has 2 aliphatic heterocycles. The zero-order valence-electron chi connectivity index (χ0n) is 15.7. The van der Waals surface area contributed by atoms with Crippen molar-refractivity contribution in [2.75, 3.05) is 46.9 Å². The summed E-state index contributed by atoms with van der Waals surface area (Å²) in [5.74, 6) is -2.26. The van der Waals surface area contributed by atoms with E-state index in [4.69, 9.17) is 19.1 Å². The van der Waals surface area contributed by atoms with E-state index in [0.29, 0.717) is 12.5 Å². The fourth-order valence-corrected chi connectivity index (χ4v) is 3.36. The van der Waals surface area contributed by atoms with Crippen molar-refractivity contribution in [1.82, 2.24) is 15.1 Å². The van der Waals surface area contributed by atoms with Crippen molar-refractivity contribution in [2.45, 2.75) is 12.7 Å². The smallest absolute Gasteiger partial charge is 0.475 e. The number of fused-ring (bicyclic) bond motifs is 1. The zero-order chi connectivity index (χ0) is 20.9. The van der Waals surface area contributed by atoms with Crippen LogP contribution in [0.3, 0.4) is 0 Å². The summed E-state index contributed by atoms with van der Waals surface area (Å²) in [5, 5.41) is 10.2. The summed E-state index contributed by atoms with van der Waals surface area (Å²) in [6.45, 7) is 5.07. The predicted octanol–water partition coefficient (Wildman–Crippen LogP) is 1.63. The van der Waals surface area contributed by atoms with E-state index in [1.54, 1.807) is 31.5 Å². The SMILES string of the molecule is CN(C)C(=O)NC[C@]12COC[C@H]1CN(Cc1ccoc1)C2.O=C(O)C(F)(F)F. The van der Waals surface area contributed by atoms with Gasteiger partial charge >= 0.3 is 18.2 Å². The lowest BCUT2D eigenvalue weighted by Crippen LogP contribution is -2.45. The van der Waals surface area contributed by atoms with Crippen LogP contribution in [0.25, 0.3) is 0 Å². The minimum Gasteiger partial charge on any atom is -0.475 e. The topological polar surface area (TPSA) is 95.3 Å². The lowest BCUT2D eigenvalue weighted by molar-refractivity contribution is -0.192. The number of ether oxygens (including phenoxy) is 1. The quantitative estimate of drug-likeness (QED) is 0.788. The molecule has 3 heterocycles. The third kappa shape index (κ3) is 5.61. The minimum atomic E-state index is -5.08. The Kier molecular flexibility index (Phi) is 6.94. The number of likely N-dealkylation sites (tertiary alicyclic amines) is 1. The number of halogens is 3. The number of hydrogen-bond donors (Lipinski definition) is 2. The Labute approximate surface area is 160 Å². The zero-order valence-corrected chi connectivity index (χ0v) is 15.7. The van der Waals surface area contributed by atoms with Crippen LogP contribution < -0.4 is 5.32 Å². The van der Waals surface area contributed by atoms with Gasteiger partial charge in [-0.3, -0.25) is 4.90 Å². The molecule has 0 aliphatic carbocycles. The maximum atomic E-state index is 11.8. The maximum Gasteiger partial charge on any atom is 0.490 e. The molecule has 1 aromatic rings. The van der Waals surface area contributed by atoms with E-state index in [9.17, 15) is 18.0 Å². The Bertz CT molecular complexity index is 665. The van der Waals surface area contributed by atoms with Gasteiger partial charge in [-0.2, -0.15) is 13.2 Å². The third-order valence-electron chi connectivity index (χ3n) is 4.82. The van der Waals surface area contributed by atoms with E-state index in [-0.39, 0.29) is 11.4 Å². The Morgan fingerprint density at radius 1 is 1.43 bits per heavy atom. The number of rotatable bonds is 4. The first kappa shape index (κ1) is 22.0. The van der Waals surface area contributed by atoms with Crippen LogP contribution in [-0.2, 0) is 16.1 Å². The molecule has 28 heavy (non-hydrogen) atoms. The standard InChI is InChI=1S/C15H23N3O3.C2HF3O2/c1-17(2)14(19)16-9-15-10-18(5-12-3-4-20-7-12)6-13(15)8-21-11-15;3-2(4,5)1(6)7/h3-4,7,13H,5-6,8-11H2,1-2H3,(H,16,19);(H,6,7)/t13-,15+;/m1./s1. The second-order valence-corrected chi connectivity index (χ2v) is 7.23. The number of carbonyl (C=O) groups excluding carboxylic acids is 1. The summed E-state index contributed by atoms with van der Waals surface area (Å²) < 4.78 is 42.6. The third-order valence-corrected chi connectivity index (χ3v) is 4.82. The van der Waals surface area contributed by atoms with Gasteiger partial charge in [0.2, 0.25) is 0 Å². The van der Waals surface area contributed by atoms with Gasteiger partial charge in [-0.25, -0.2) is 9.59 Å². The van der Waals surface area contributed by atoms with Crippen LogP contribution in [0.1, 0.15) is 5.56 Å². The molecule has 3 rings (SSSR count). The molecule has 158 valence electrons. The lowest BCUT2D eigenvalue weighted by Gasteiger charge is -2.28. The van der Waals surface area contributed by atoms with E-state index in [1.165, 1.54) is 5.56 Å². The summed E-state index contributed by atoms with van der Waals surface area (Å²) in [6.07, 6.45) is -1.58. The highest BCUT2D eigenvalue weighted by atomic mass is 19.4. The highest BCUT2D eigenvalue weighted by Crippen LogP contribution is 2.41. The second kappa shape index (κ2) is 8.82. The second-order valence-electron chi connectivity index (χ2n) is 7.23. The summed E-state index contributed by atoms with van der Waals surface area (Å²) in [7, 11) is 3.52. The molecular formula is C17H24F3N3O5. The Morgan fingerprint density at radius 2 is 2.11 bits per heavy atom. The molecule has 0 unspecified atom stereocenters. The van der Waals surface area contributed by atoms with Crippen molar-refractivity contribution in [1.29, 1.82) is 0 Å². The van der Waals surface area contributed by atoms with Crippen LogP contribution in [0.5, 0.6) is 0 Å². The number of nitrogens with one attached hydrogen (secondary N) is 1. The van der Waals surface area contributed by atoms with Crippen LogP contribution >= 0.6 is 0 Å². The van der Waals surface area contributed by atoms with Gasteiger partial charge in [-0.05, 0) is 6.07 Å². The molecule has 2 atom stereocenters. The fraction of sp³-hybridized carbons (Fsp3) is 0.647. The van der Waals surface area contributed by atoms with Crippen LogP contribution in [0.15, 0.2) is 23.0 Å². The summed E-state index contributed by atoms with van der Waals surface area (Å²) in [4.78, 5) is 24.7. The molecular weight excluding hydrogens is 383 g/mol. The summed E-state index contributed by atoms with van der Waals surface area (Å²) in [6, 6.07) is 1.97. The van der Waals surface area contributed by atoms with Crippen molar-refractivity contribution in [2.24, 2.45) is 11.3 Å². The highest BCUT2D eigenvalue weighted by molar-refractivity contribution is 5.73. The molecule has 0 radical (unpaired) electrons. The number of carboxylic acid groups (broad SMARTS) is 1. The molecule has 2 N–H and O–H groups in total. The van der Waals surface area contributed by atoms with Crippen molar-refractivity contribution < 1.29 is 37.0 Å². The van der Waals surface area contributed by atoms with Crippen LogP contribution in [-0.4, -0.2) is 80.0 Å². The van der Waals surface area contributed by atoms with Gasteiger partial charge < -0.3 is 24.5 Å². The van der Waals surface area contributed by atoms with Crippen LogP contribution in [0, 0.1) is 11.3 Å². The van der Waals surface area contributed by atoms with Gasteiger partial charge in [-0.1, -0.05) is 0 Å². The van der Waals surface area contributed by atoms with Gasteiger partial charge in [-0.15, -0.1) is 0 Å². The largest absolute Gasteiger partial charge is 0.490 e. The Morgan fingerprint density at radius 3 is 2.64 bits per heavy atom. The van der Waals surface area contributed by atoms with Gasteiger partial charge in [0.1, 0.15) is 0 Å². The summed E-state index contributed by atoms with van der Waals surface area (Å²) >= 11 is 0. The average Bonchev–Trinajstić information content (AvgIpc) is 3.28. The van der Waals surface area contributed by atoms with E-state index < -0.39 is 12.1 Å². The van der Waals surface area contributed by atoms with Crippen molar-refractivity contribution in [3.05, 3.63) is 24.2 Å². The normalized spacial score (nSPS) is 24.2. The van der Waals surface area contributed by atoms with E-state index in [1.807, 2.05) is 6.07 Å². The summed E-state index contributed by atoms with van der Waals surface area (Å²) in [5.41, 5.74) is 1.25. The molecule has 1 aromatic heterocycles. The Hall–Kier alpha value is -2.27. The number of carbonyl (C=O) groups is 2. The van der Waals surface area contributed by atoms with Gasteiger partial charge in [0.05, 0.1) is 25.7 Å². The van der Waals surface area contributed by atoms with Gasteiger partial charge in [0.25, 0.3) is 0 Å². The van der Waals surface area contributed by atoms with Crippen molar-refractivity contribution in [3.8, 4) is 0 Å². The minimum absolute atomic E-state index is 0.0386. The number of alkyl halides is 3. The number of hydrogen-bond acceptors (Lipinski definition) is 5. The van der Waals surface area contributed by atoms with Crippen LogP contribution in [0.2, 0.25) is 0 Å². The van der Waals surface area contributed by atoms with Crippen molar-refractivity contribution in [3.63, 3.8) is 0 Å². The first-order chi connectivity index (χ1) is 13.0. The molecule has 2 aliphatic rings. The van der Waals surface area contributed by atoms with Gasteiger partial charge in [0, 0.05) is 57.2 Å². The van der Waals surface area contributed by atoms with Crippen LogP contribution in [0.4, 0.5) is 18.0 Å². The number of furan rings is 1. The van der Waals surface area contributed by atoms with E-state index in [0.717, 1.165) is 32.8 Å². The first-order valence-corrected chi connectivity index (χ1v) is 8.60. The molecule has 2 saturated heterocycles. The number of carboxylic acids is 1. The van der Waals surface area contributed by atoms with E-state index in [2.05, 4.69) is 10.2 Å². The number of aliphatic carboxylic acids is 1. The molecule has 2 amide bonds. The number of nitrogens with zero attached hydrogens (tertiary/aromatic N) is 2. The van der Waals surface area contributed by atoms with Crippen molar-refractivity contribution >= 4 is 12.0 Å². The predicted molar refractivity (Wildman–Crippen MR) is 91.5 cm³/mol. The molecule has 0 aromatic carbocycles. The highest BCUT2D eigenvalue weighted by Gasteiger charge is 2.50. The van der Waals surface area contributed by atoms with Gasteiger partial charge in [0.15, 0.2) is 0 Å². The molecule has 0 spiro atoms. The lowest BCUT2D eigenvalue weighted by atomic mass is 9.81. The van der Waals surface area contributed by atoms with E-state index >= 15 is 0 Å². The molecule has 0 bridgehead atoms. The monoisotopic (exact) mass is 407 g/mol. The number of amides is 2. The maximum absolute atomic E-state index is 11.8. The first-order valence-electron chi connectivity index (χ1n) is 8.60. The molecule has 11 heteroatoms. The average molecular weight is 407 g/mol. The Balaban J connectivity index is 0.000000345. The molecule has 8 nitrogen and oxygen atoms in total. The molecule has 0 saturated carbocycles. The molecule has 2 fully saturated rings. The number of urea groups is 1.